The lowest BCUT2D eigenvalue weighted by molar-refractivity contribution is -0.892. The average molecular weight is 411 g/mol. The molecule has 1 fully saturated rings. The molecule has 1 aromatic carbocycles. The summed E-state index contributed by atoms with van der Waals surface area (Å²) < 4.78 is 37.9. The maximum Gasteiger partial charge on any atom is 0.419 e. The van der Waals surface area contributed by atoms with Crippen LogP contribution in [-0.2, 0) is 11.0 Å². The lowest BCUT2D eigenvalue weighted by Gasteiger charge is -2.28. The fourth-order valence-corrected chi connectivity index (χ4v) is 3.13. The minimum absolute atomic E-state index is 0.0511. The van der Waals surface area contributed by atoms with Gasteiger partial charge in [0.1, 0.15) is 32.4 Å². The molecule has 3 rings (SSSR count). The zero-order valence-electron chi connectivity index (χ0n) is 15.3. The summed E-state index contributed by atoms with van der Waals surface area (Å²) in [5, 5.41) is 13.4. The Hall–Kier alpha value is -3.21. The molecule has 2 aromatic rings. The summed E-state index contributed by atoms with van der Waals surface area (Å²) in [6.45, 7) is 2.75. The number of hydrogen-bond acceptors (Lipinski definition) is 4. The third kappa shape index (κ3) is 5.41. The van der Waals surface area contributed by atoms with Crippen molar-refractivity contribution in [1.29, 1.82) is 0 Å². The average Bonchev–Trinajstić information content (AvgIpc) is 2.68. The molecule has 0 unspecified atom stereocenters. The number of quaternary nitrogens is 1. The topological polar surface area (TPSA) is 94.1 Å². The molecular formula is C18H20F3N5O3+2. The van der Waals surface area contributed by atoms with Gasteiger partial charge in [0.15, 0.2) is 6.54 Å². The van der Waals surface area contributed by atoms with Gasteiger partial charge in [-0.15, -0.1) is 0 Å². The van der Waals surface area contributed by atoms with E-state index in [0.29, 0.717) is 37.7 Å². The van der Waals surface area contributed by atoms with Crippen molar-refractivity contribution in [3.8, 4) is 0 Å². The summed E-state index contributed by atoms with van der Waals surface area (Å²) in [5.74, 6) is 0.399. The van der Waals surface area contributed by atoms with Crippen LogP contribution in [-0.4, -0.2) is 43.6 Å². The monoisotopic (exact) mass is 411 g/mol. The van der Waals surface area contributed by atoms with Crippen molar-refractivity contribution < 1.29 is 32.8 Å². The van der Waals surface area contributed by atoms with E-state index in [4.69, 9.17) is 0 Å². The first-order chi connectivity index (χ1) is 13.7. The number of benzene rings is 1. The normalized spacial score (nSPS) is 15.2. The van der Waals surface area contributed by atoms with Gasteiger partial charge in [-0.05, 0) is 18.2 Å². The van der Waals surface area contributed by atoms with Gasteiger partial charge in [-0.3, -0.25) is 19.8 Å². The van der Waals surface area contributed by atoms with E-state index in [1.165, 1.54) is 30.3 Å². The fourth-order valence-electron chi connectivity index (χ4n) is 3.13. The fraction of sp³-hybridized carbons (Fsp3) is 0.333. The number of carbonyl (C=O) groups excluding carboxylic acids is 1. The molecule has 1 aliphatic heterocycles. The molecule has 1 aromatic heterocycles. The van der Waals surface area contributed by atoms with Crippen molar-refractivity contribution >= 4 is 23.1 Å². The van der Waals surface area contributed by atoms with Gasteiger partial charge in [0.05, 0.1) is 10.5 Å². The molecule has 0 spiro atoms. The molecule has 1 aliphatic rings. The van der Waals surface area contributed by atoms with Crippen LogP contribution in [0.25, 0.3) is 0 Å². The SMILES string of the molecule is O=C(C[NH+]1CCN(c2ccc(C(F)(F)F)c[nH+]2)CC1)Nc1ccc([N+](=O)[O-])cc1. The van der Waals surface area contributed by atoms with Crippen LogP contribution >= 0.6 is 0 Å². The smallest absolute Gasteiger partial charge is 0.321 e. The third-order valence-corrected chi connectivity index (χ3v) is 4.71. The lowest BCUT2D eigenvalue weighted by Crippen LogP contribution is -3.15. The number of nitrogens with one attached hydrogen (secondary N) is 3. The van der Waals surface area contributed by atoms with E-state index in [0.717, 1.165) is 17.2 Å². The molecule has 11 heteroatoms. The summed E-state index contributed by atoms with van der Waals surface area (Å²) in [6, 6.07) is 8.05. The first-order valence-electron chi connectivity index (χ1n) is 8.94. The molecule has 154 valence electrons. The Morgan fingerprint density at radius 1 is 1.17 bits per heavy atom. The highest BCUT2D eigenvalue weighted by atomic mass is 19.4. The second kappa shape index (κ2) is 8.43. The number of aromatic nitrogens is 1. The number of pyridine rings is 1. The van der Waals surface area contributed by atoms with Crippen LogP contribution in [0.5, 0.6) is 0 Å². The predicted molar refractivity (Wildman–Crippen MR) is 97.5 cm³/mol. The number of nitrogens with zero attached hydrogens (tertiary/aromatic N) is 2. The Morgan fingerprint density at radius 2 is 1.83 bits per heavy atom. The Labute approximate surface area is 164 Å². The number of nitro benzene ring substituents is 1. The second-order valence-electron chi connectivity index (χ2n) is 6.73. The molecule has 0 aliphatic carbocycles. The number of hydrogen-bond donors (Lipinski definition) is 2. The first-order valence-corrected chi connectivity index (χ1v) is 8.94. The highest BCUT2D eigenvalue weighted by Gasteiger charge is 2.33. The minimum atomic E-state index is -4.38. The van der Waals surface area contributed by atoms with Crippen molar-refractivity contribution in [2.75, 3.05) is 42.9 Å². The maximum absolute atomic E-state index is 12.6. The molecule has 0 radical (unpaired) electrons. The zero-order valence-corrected chi connectivity index (χ0v) is 15.3. The van der Waals surface area contributed by atoms with Gasteiger partial charge < -0.3 is 10.2 Å². The van der Waals surface area contributed by atoms with Crippen molar-refractivity contribution in [2.45, 2.75) is 6.18 Å². The molecule has 0 saturated carbocycles. The summed E-state index contributed by atoms with van der Waals surface area (Å²) in [4.78, 5) is 28.0. The van der Waals surface area contributed by atoms with E-state index >= 15 is 0 Å². The van der Waals surface area contributed by atoms with Gasteiger partial charge in [0.25, 0.3) is 17.4 Å². The number of piperazine rings is 1. The summed E-state index contributed by atoms with van der Waals surface area (Å²) in [5.41, 5.74) is -0.295. The highest BCUT2D eigenvalue weighted by Crippen LogP contribution is 2.28. The number of anilines is 2. The third-order valence-electron chi connectivity index (χ3n) is 4.71. The molecule has 8 nitrogen and oxygen atoms in total. The summed E-state index contributed by atoms with van der Waals surface area (Å²) in [6.07, 6.45) is -3.43. The van der Waals surface area contributed by atoms with Gasteiger partial charge in [0.2, 0.25) is 0 Å². The molecule has 0 atom stereocenters. The van der Waals surface area contributed by atoms with Crippen molar-refractivity contribution in [1.82, 2.24) is 0 Å². The molecule has 29 heavy (non-hydrogen) atoms. The number of alkyl halides is 3. The number of halogens is 3. The molecule has 1 amide bonds. The number of H-pyrrole nitrogens is 1. The lowest BCUT2D eigenvalue weighted by atomic mass is 10.2. The molecular weight excluding hydrogens is 391 g/mol. The number of nitro groups is 1. The van der Waals surface area contributed by atoms with Crippen molar-refractivity contribution in [3.63, 3.8) is 0 Å². The predicted octanol–water partition coefficient (Wildman–Crippen LogP) is 0.771. The number of aromatic amines is 1. The molecule has 1 saturated heterocycles. The van der Waals surface area contributed by atoms with Crippen LogP contribution in [0.2, 0.25) is 0 Å². The Bertz CT molecular complexity index is 864. The van der Waals surface area contributed by atoms with Crippen LogP contribution in [0.4, 0.5) is 30.4 Å². The largest absolute Gasteiger partial charge is 0.419 e. The van der Waals surface area contributed by atoms with E-state index in [-0.39, 0.29) is 18.1 Å². The van der Waals surface area contributed by atoms with Gasteiger partial charge in [-0.1, -0.05) is 0 Å². The van der Waals surface area contributed by atoms with Crippen LogP contribution in [0, 0.1) is 10.1 Å². The summed E-state index contributed by atoms with van der Waals surface area (Å²) in [7, 11) is 0. The number of amides is 1. The van der Waals surface area contributed by atoms with Crippen LogP contribution in [0.1, 0.15) is 5.56 Å². The number of rotatable bonds is 5. The molecule has 3 N–H and O–H groups in total. The minimum Gasteiger partial charge on any atom is -0.321 e. The number of non-ortho nitro benzene ring substituents is 1. The molecule has 0 bridgehead atoms. The van der Waals surface area contributed by atoms with Gasteiger partial charge in [0, 0.05) is 23.9 Å². The standard InChI is InChI=1S/C18H18F3N5O3/c19-18(20,21)13-1-6-16(22-11-13)25-9-7-24(8-10-25)12-17(27)23-14-2-4-15(5-3-14)26(28)29/h1-6,11H,7-10,12H2,(H,23,27)/p+2. The van der Waals surface area contributed by atoms with Gasteiger partial charge in [-0.2, -0.15) is 13.2 Å². The van der Waals surface area contributed by atoms with Gasteiger partial charge >= 0.3 is 6.18 Å². The quantitative estimate of drug-likeness (QED) is 0.562. The van der Waals surface area contributed by atoms with E-state index in [2.05, 4.69) is 10.3 Å². The van der Waals surface area contributed by atoms with E-state index in [1.807, 2.05) is 4.90 Å². The van der Waals surface area contributed by atoms with E-state index < -0.39 is 16.7 Å². The Morgan fingerprint density at radius 3 is 2.34 bits per heavy atom. The zero-order chi connectivity index (χ0) is 21.0. The first kappa shape index (κ1) is 20.5. The molecule has 2 heterocycles. The maximum atomic E-state index is 12.6. The Kier molecular flexibility index (Phi) is 5.97. The summed E-state index contributed by atoms with van der Waals surface area (Å²) >= 11 is 0. The second-order valence-corrected chi connectivity index (χ2v) is 6.73. The van der Waals surface area contributed by atoms with Crippen molar-refractivity contribution in [2.24, 2.45) is 0 Å². The van der Waals surface area contributed by atoms with Crippen LogP contribution in [0.15, 0.2) is 42.6 Å². The van der Waals surface area contributed by atoms with Crippen molar-refractivity contribution in [3.05, 3.63) is 58.3 Å². The van der Waals surface area contributed by atoms with E-state index in [9.17, 15) is 28.1 Å². The number of carbonyl (C=O) groups is 1. The van der Waals surface area contributed by atoms with Crippen LogP contribution < -0.4 is 20.1 Å². The highest BCUT2D eigenvalue weighted by molar-refractivity contribution is 5.91. The van der Waals surface area contributed by atoms with E-state index in [1.54, 1.807) is 0 Å². The van der Waals surface area contributed by atoms with Crippen LogP contribution in [0.3, 0.4) is 0 Å². The van der Waals surface area contributed by atoms with Gasteiger partial charge in [-0.25, -0.2) is 4.98 Å². The Balaban J connectivity index is 1.48.